The Morgan fingerprint density at radius 3 is 2.94 bits per heavy atom. The van der Waals surface area contributed by atoms with E-state index >= 15 is 0 Å². The van der Waals surface area contributed by atoms with E-state index in [1.807, 2.05) is 30.7 Å². The van der Waals surface area contributed by atoms with Crippen molar-refractivity contribution < 1.29 is 5.11 Å². The van der Waals surface area contributed by atoms with Gasteiger partial charge in [0.05, 0.1) is 6.10 Å². The van der Waals surface area contributed by atoms with E-state index in [1.54, 1.807) is 6.20 Å². The van der Waals surface area contributed by atoms with Crippen LogP contribution in [0.3, 0.4) is 0 Å². The first-order valence-corrected chi connectivity index (χ1v) is 5.96. The van der Waals surface area contributed by atoms with Gasteiger partial charge in [-0.15, -0.1) is 0 Å². The van der Waals surface area contributed by atoms with Gasteiger partial charge in [0.25, 0.3) is 0 Å². The molecule has 1 saturated carbocycles. The molecule has 4 heteroatoms. The van der Waals surface area contributed by atoms with Gasteiger partial charge < -0.3 is 9.67 Å². The van der Waals surface area contributed by atoms with Crippen LogP contribution in [0.25, 0.3) is 11.4 Å². The molecular formula is C13H15N3O. The molecule has 2 atom stereocenters. The second kappa shape index (κ2) is 4.30. The number of hydrogen-bond acceptors (Lipinski definition) is 3. The number of pyridine rings is 1. The number of nitrogens with zero attached hydrogens (tertiary/aromatic N) is 3. The number of imidazole rings is 1. The maximum atomic E-state index is 9.61. The highest BCUT2D eigenvalue weighted by molar-refractivity contribution is 5.53. The van der Waals surface area contributed by atoms with E-state index in [0.717, 1.165) is 30.7 Å². The number of rotatable bonds is 2. The van der Waals surface area contributed by atoms with E-state index < -0.39 is 0 Å². The first-order chi connectivity index (χ1) is 8.34. The Hall–Kier alpha value is -1.68. The van der Waals surface area contributed by atoms with Crippen molar-refractivity contribution in [1.29, 1.82) is 0 Å². The minimum atomic E-state index is -0.163. The molecule has 17 heavy (non-hydrogen) atoms. The molecule has 1 fully saturated rings. The Labute approximate surface area is 100.0 Å². The van der Waals surface area contributed by atoms with Crippen LogP contribution in [0.1, 0.15) is 25.3 Å². The molecule has 0 unspecified atom stereocenters. The van der Waals surface area contributed by atoms with Gasteiger partial charge in [0.15, 0.2) is 0 Å². The van der Waals surface area contributed by atoms with Crippen LogP contribution in [0.5, 0.6) is 0 Å². The first-order valence-electron chi connectivity index (χ1n) is 5.96. The van der Waals surface area contributed by atoms with Crippen molar-refractivity contribution in [3.05, 3.63) is 36.9 Å². The predicted molar refractivity (Wildman–Crippen MR) is 64.4 cm³/mol. The van der Waals surface area contributed by atoms with Crippen LogP contribution < -0.4 is 0 Å². The summed E-state index contributed by atoms with van der Waals surface area (Å²) in [6.07, 6.45) is 9.95. The first kappa shape index (κ1) is 10.5. The van der Waals surface area contributed by atoms with Crippen LogP contribution in [0.15, 0.2) is 36.9 Å². The van der Waals surface area contributed by atoms with Gasteiger partial charge in [-0.1, -0.05) is 0 Å². The number of aliphatic hydroxyl groups excluding tert-OH is 1. The lowest BCUT2D eigenvalue weighted by Gasteiger charge is -2.14. The quantitative estimate of drug-likeness (QED) is 0.857. The third kappa shape index (κ3) is 1.96. The van der Waals surface area contributed by atoms with E-state index in [2.05, 4.69) is 14.5 Å². The van der Waals surface area contributed by atoms with E-state index in [-0.39, 0.29) is 6.10 Å². The molecule has 0 aliphatic heterocycles. The molecule has 88 valence electrons. The summed E-state index contributed by atoms with van der Waals surface area (Å²) in [4.78, 5) is 8.52. The van der Waals surface area contributed by atoms with Gasteiger partial charge >= 0.3 is 0 Å². The highest BCUT2D eigenvalue weighted by Crippen LogP contribution is 2.32. The summed E-state index contributed by atoms with van der Waals surface area (Å²) < 4.78 is 2.16. The molecule has 2 aromatic heterocycles. The SMILES string of the molecule is O[C@H]1CC[C@@H](n2ccnc2-c2cccnc2)C1. The lowest BCUT2D eigenvalue weighted by Crippen LogP contribution is -2.08. The largest absolute Gasteiger partial charge is 0.393 e. The van der Waals surface area contributed by atoms with E-state index in [9.17, 15) is 5.11 Å². The summed E-state index contributed by atoms with van der Waals surface area (Å²) in [5, 5.41) is 9.61. The molecule has 2 aromatic rings. The topological polar surface area (TPSA) is 50.9 Å². The Morgan fingerprint density at radius 2 is 2.24 bits per heavy atom. The van der Waals surface area contributed by atoms with Gasteiger partial charge in [0.2, 0.25) is 0 Å². The maximum Gasteiger partial charge on any atom is 0.141 e. The average molecular weight is 229 g/mol. The van der Waals surface area contributed by atoms with Gasteiger partial charge in [-0.3, -0.25) is 4.98 Å². The molecule has 1 aliphatic carbocycles. The molecule has 3 rings (SSSR count). The molecular weight excluding hydrogens is 214 g/mol. The van der Waals surface area contributed by atoms with Crippen LogP contribution >= 0.6 is 0 Å². The molecule has 0 saturated heterocycles. The number of aliphatic hydroxyl groups is 1. The van der Waals surface area contributed by atoms with Crippen molar-refractivity contribution in [2.75, 3.05) is 0 Å². The van der Waals surface area contributed by atoms with Gasteiger partial charge in [-0.25, -0.2) is 4.98 Å². The van der Waals surface area contributed by atoms with Crippen LogP contribution in [-0.2, 0) is 0 Å². The highest BCUT2D eigenvalue weighted by atomic mass is 16.3. The fourth-order valence-corrected chi connectivity index (χ4v) is 2.51. The molecule has 1 N–H and O–H groups in total. The summed E-state index contributed by atoms with van der Waals surface area (Å²) in [5.74, 6) is 0.942. The van der Waals surface area contributed by atoms with Crippen LogP contribution in [0.2, 0.25) is 0 Å². The van der Waals surface area contributed by atoms with E-state index in [4.69, 9.17) is 0 Å². The van der Waals surface area contributed by atoms with Gasteiger partial charge in [0, 0.05) is 36.4 Å². The summed E-state index contributed by atoms with van der Waals surface area (Å²) in [5.41, 5.74) is 1.03. The lowest BCUT2D eigenvalue weighted by atomic mass is 10.2. The second-order valence-electron chi connectivity index (χ2n) is 4.52. The normalized spacial score (nSPS) is 24.1. The molecule has 0 bridgehead atoms. The van der Waals surface area contributed by atoms with Crippen molar-refractivity contribution in [2.24, 2.45) is 0 Å². The lowest BCUT2D eigenvalue weighted by molar-refractivity contribution is 0.178. The Morgan fingerprint density at radius 1 is 1.29 bits per heavy atom. The fraction of sp³-hybridized carbons (Fsp3) is 0.385. The smallest absolute Gasteiger partial charge is 0.141 e. The summed E-state index contributed by atoms with van der Waals surface area (Å²) in [6, 6.07) is 4.29. The molecule has 0 spiro atoms. The molecule has 4 nitrogen and oxygen atoms in total. The summed E-state index contributed by atoms with van der Waals surface area (Å²) in [7, 11) is 0. The fourth-order valence-electron chi connectivity index (χ4n) is 2.51. The predicted octanol–water partition coefficient (Wildman–Crippen LogP) is 2.03. The molecule has 2 heterocycles. The van der Waals surface area contributed by atoms with Crippen LogP contribution in [-0.4, -0.2) is 25.7 Å². The van der Waals surface area contributed by atoms with Crippen molar-refractivity contribution in [3.63, 3.8) is 0 Å². The average Bonchev–Trinajstić information content (AvgIpc) is 2.98. The monoisotopic (exact) mass is 229 g/mol. The zero-order chi connectivity index (χ0) is 11.7. The Kier molecular flexibility index (Phi) is 2.65. The zero-order valence-electron chi connectivity index (χ0n) is 9.53. The van der Waals surface area contributed by atoms with Gasteiger partial charge in [0.1, 0.15) is 5.82 Å². The van der Waals surface area contributed by atoms with Crippen molar-refractivity contribution in [3.8, 4) is 11.4 Å². The van der Waals surface area contributed by atoms with E-state index in [0.29, 0.717) is 6.04 Å². The molecule has 0 radical (unpaired) electrons. The van der Waals surface area contributed by atoms with Gasteiger partial charge in [-0.2, -0.15) is 0 Å². The third-order valence-electron chi connectivity index (χ3n) is 3.36. The summed E-state index contributed by atoms with van der Waals surface area (Å²) in [6.45, 7) is 0. The highest BCUT2D eigenvalue weighted by Gasteiger charge is 2.25. The van der Waals surface area contributed by atoms with Crippen molar-refractivity contribution in [2.45, 2.75) is 31.4 Å². The number of aromatic nitrogens is 3. The molecule has 1 aliphatic rings. The van der Waals surface area contributed by atoms with Crippen LogP contribution in [0.4, 0.5) is 0 Å². The second-order valence-corrected chi connectivity index (χ2v) is 4.52. The molecule has 0 amide bonds. The van der Waals surface area contributed by atoms with Gasteiger partial charge in [-0.05, 0) is 31.4 Å². The Bertz CT molecular complexity index is 494. The van der Waals surface area contributed by atoms with Crippen molar-refractivity contribution >= 4 is 0 Å². The zero-order valence-corrected chi connectivity index (χ0v) is 9.53. The Balaban J connectivity index is 1.95. The minimum absolute atomic E-state index is 0.163. The van der Waals surface area contributed by atoms with Crippen LogP contribution in [0, 0.1) is 0 Å². The van der Waals surface area contributed by atoms with E-state index in [1.165, 1.54) is 0 Å². The standard InChI is InChI=1S/C13H15N3O/c17-12-4-3-11(8-12)16-7-6-15-13(16)10-2-1-5-14-9-10/h1-2,5-7,9,11-12,17H,3-4,8H2/t11-,12+/m1/s1. The summed E-state index contributed by atoms with van der Waals surface area (Å²) >= 11 is 0. The maximum absolute atomic E-state index is 9.61. The number of hydrogen-bond donors (Lipinski definition) is 1. The van der Waals surface area contributed by atoms with Crippen molar-refractivity contribution in [1.82, 2.24) is 14.5 Å². The minimum Gasteiger partial charge on any atom is -0.393 e. The molecule has 0 aromatic carbocycles. The third-order valence-corrected chi connectivity index (χ3v) is 3.36.